The molecule has 2 aromatic rings. The van der Waals surface area contributed by atoms with Crippen molar-refractivity contribution in [3.63, 3.8) is 0 Å². The first-order valence-electron chi connectivity index (χ1n) is 10.2. The lowest BCUT2D eigenvalue weighted by Gasteiger charge is -2.20. The topological polar surface area (TPSA) is 63.6 Å². The highest BCUT2D eigenvalue weighted by atomic mass is 32.2. The van der Waals surface area contributed by atoms with Crippen molar-refractivity contribution in [1.29, 1.82) is 0 Å². The molecule has 0 amide bonds. The first-order chi connectivity index (χ1) is 13.4. The molecule has 152 valence electrons. The van der Waals surface area contributed by atoms with Crippen molar-refractivity contribution in [3.05, 3.63) is 52.6 Å². The zero-order valence-electron chi connectivity index (χ0n) is 16.8. The Balaban J connectivity index is 2.05. The largest absolute Gasteiger partial charge is 0.456 e. The van der Waals surface area contributed by atoms with Gasteiger partial charge in [-0.2, -0.15) is 8.42 Å². The van der Waals surface area contributed by atoms with Gasteiger partial charge in [0.1, 0.15) is 16.4 Å². The van der Waals surface area contributed by atoms with Crippen LogP contribution in [0.1, 0.15) is 67.2 Å². The Morgan fingerprint density at radius 1 is 0.821 bits per heavy atom. The summed E-state index contributed by atoms with van der Waals surface area (Å²) in [5.74, 6) is 0.887. The van der Waals surface area contributed by atoms with Crippen LogP contribution >= 0.6 is 0 Å². The molecule has 0 saturated carbocycles. The van der Waals surface area contributed by atoms with Crippen LogP contribution in [0.5, 0.6) is 11.5 Å². The van der Waals surface area contributed by atoms with Crippen LogP contribution < -0.4 is 4.74 Å². The van der Waals surface area contributed by atoms with Gasteiger partial charge in [0, 0.05) is 0 Å². The third-order valence-corrected chi connectivity index (χ3v) is 6.65. The second kappa shape index (κ2) is 9.10. The molecule has 0 aromatic heterocycles. The van der Waals surface area contributed by atoms with E-state index in [4.69, 9.17) is 4.74 Å². The number of hydrogen-bond acceptors (Lipinski definition) is 3. The number of ether oxygens (including phenoxy) is 1. The molecule has 0 radical (unpaired) electrons. The van der Waals surface area contributed by atoms with Crippen molar-refractivity contribution in [1.82, 2.24) is 0 Å². The molecule has 1 aliphatic rings. The summed E-state index contributed by atoms with van der Waals surface area (Å²) >= 11 is 0. The molecule has 28 heavy (non-hydrogen) atoms. The van der Waals surface area contributed by atoms with E-state index in [-0.39, 0.29) is 10.6 Å². The molecular weight excluding hydrogens is 372 g/mol. The summed E-state index contributed by atoms with van der Waals surface area (Å²) < 4.78 is 39.2. The quantitative estimate of drug-likeness (QED) is 0.623. The van der Waals surface area contributed by atoms with E-state index >= 15 is 0 Å². The Kier molecular flexibility index (Phi) is 6.78. The molecule has 0 atom stereocenters. The van der Waals surface area contributed by atoms with Gasteiger partial charge < -0.3 is 4.74 Å². The summed E-state index contributed by atoms with van der Waals surface area (Å²) in [6.07, 6.45) is 10.5. The van der Waals surface area contributed by atoms with Crippen LogP contribution in [0.15, 0.2) is 35.2 Å². The fraction of sp³-hybridized carbons (Fsp3) is 0.478. The van der Waals surface area contributed by atoms with Crippen molar-refractivity contribution in [2.75, 3.05) is 0 Å². The average Bonchev–Trinajstić information content (AvgIpc) is 2.70. The highest BCUT2D eigenvalue weighted by Gasteiger charge is 2.20. The van der Waals surface area contributed by atoms with Gasteiger partial charge >= 0.3 is 0 Å². The molecule has 4 nitrogen and oxygen atoms in total. The molecule has 0 heterocycles. The number of hydrogen-bond donors (Lipinski definition) is 1. The van der Waals surface area contributed by atoms with Gasteiger partial charge in [0.2, 0.25) is 0 Å². The lowest BCUT2D eigenvalue weighted by molar-refractivity contribution is 0.444. The van der Waals surface area contributed by atoms with E-state index in [0.29, 0.717) is 5.75 Å². The van der Waals surface area contributed by atoms with E-state index in [1.54, 1.807) is 18.2 Å². The van der Waals surface area contributed by atoms with Crippen molar-refractivity contribution >= 4 is 10.1 Å². The highest BCUT2D eigenvalue weighted by Crippen LogP contribution is 2.36. The molecule has 0 bridgehead atoms. The number of aryl methyl sites for hydroxylation is 1. The average molecular weight is 403 g/mol. The predicted molar refractivity (Wildman–Crippen MR) is 112 cm³/mol. The maximum Gasteiger partial charge on any atom is 0.298 e. The van der Waals surface area contributed by atoms with Crippen LogP contribution in [0.2, 0.25) is 0 Å². The first-order valence-corrected chi connectivity index (χ1v) is 11.7. The van der Waals surface area contributed by atoms with E-state index in [9.17, 15) is 13.0 Å². The Bertz CT molecular complexity index is 932. The maximum absolute atomic E-state index is 11.8. The van der Waals surface area contributed by atoms with Gasteiger partial charge in [0.25, 0.3) is 10.1 Å². The van der Waals surface area contributed by atoms with Crippen LogP contribution in [0, 0.1) is 13.8 Å². The molecule has 5 heteroatoms. The molecule has 1 N–H and O–H groups in total. The lowest BCUT2D eigenvalue weighted by atomic mass is 9.90. The van der Waals surface area contributed by atoms with Crippen LogP contribution in [0.4, 0.5) is 0 Å². The fourth-order valence-corrected chi connectivity index (χ4v) is 4.68. The van der Waals surface area contributed by atoms with Crippen LogP contribution in [0.3, 0.4) is 0 Å². The Hall–Kier alpha value is -1.85. The monoisotopic (exact) mass is 402 g/mol. The molecular formula is C23H30O4S. The summed E-state index contributed by atoms with van der Waals surface area (Å²) in [6, 6.07) is 8.27. The lowest BCUT2D eigenvalue weighted by Crippen LogP contribution is -2.06. The Morgan fingerprint density at radius 2 is 1.39 bits per heavy atom. The minimum atomic E-state index is -4.35. The maximum atomic E-state index is 11.8. The third kappa shape index (κ3) is 4.95. The molecule has 2 aromatic carbocycles. The van der Waals surface area contributed by atoms with E-state index in [1.165, 1.54) is 61.3 Å². The molecule has 3 rings (SSSR count). The predicted octanol–water partition coefficient (Wildman–Crippen LogP) is 6.17. The standard InChI is InChI=1S/C23H30O4S/c1-17-16-22(27-21-14-10-11-15-23(21)28(24,25)26)20-13-9-7-5-3-4-6-8-12-19(20)18(17)2/h10-11,14-16H,3-9,12-13H2,1-2H3,(H,24,25,26). The van der Waals surface area contributed by atoms with Crippen molar-refractivity contribution < 1.29 is 17.7 Å². The van der Waals surface area contributed by atoms with Crippen LogP contribution in [-0.4, -0.2) is 13.0 Å². The van der Waals surface area contributed by atoms with Crippen LogP contribution in [0.25, 0.3) is 0 Å². The zero-order chi connectivity index (χ0) is 20.1. The summed E-state index contributed by atoms with van der Waals surface area (Å²) in [7, 11) is -4.35. The van der Waals surface area contributed by atoms with Gasteiger partial charge in [0.05, 0.1) is 0 Å². The molecule has 0 aliphatic heterocycles. The Morgan fingerprint density at radius 3 is 2.04 bits per heavy atom. The van der Waals surface area contributed by atoms with E-state index in [1.807, 2.05) is 6.07 Å². The molecule has 1 aliphatic carbocycles. The second-order valence-electron chi connectivity index (χ2n) is 7.77. The number of para-hydroxylation sites is 1. The van der Waals surface area contributed by atoms with Gasteiger partial charge in [-0.15, -0.1) is 0 Å². The van der Waals surface area contributed by atoms with Gasteiger partial charge in [-0.05, 0) is 80.0 Å². The van der Waals surface area contributed by atoms with Gasteiger partial charge in [-0.3, -0.25) is 4.55 Å². The summed E-state index contributed by atoms with van der Waals surface area (Å²) in [6.45, 7) is 4.24. The summed E-state index contributed by atoms with van der Waals surface area (Å²) in [4.78, 5) is -0.196. The number of rotatable bonds is 3. The fourth-order valence-electron chi connectivity index (χ4n) is 4.06. The van der Waals surface area contributed by atoms with Crippen molar-refractivity contribution in [3.8, 4) is 11.5 Å². The number of fused-ring (bicyclic) bond motifs is 1. The zero-order valence-corrected chi connectivity index (χ0v) is 17.6. The van der Waals surface area contributed by atoms with Crippen LogP contribution in [-0.2, 0) is 23.0 Å². The van der Waals surface area contributed by atoms with E-state index < -0.39 is 10.1 Å². The normalized spacial score (nSPS) is 16.1. The van der Waals surface area contributed by atoms with E-state index in [2.05, 4.69) is 13.8 Å². The number of benzene rings is 2. The second-order valence-corrected chi connectivity index (χ2v) is 9.16. The third-order valence-electron chi connectivity index (χ3n) is 5.75. The SMILES string of the molecule is Cc1cc(Oc2ccccc2S(=O)(=O)O)c2c(c1C)CCCCCCCCC2. The molecule has 0 unspecified atom stereocenters. The minimum Gasteiger partial charge on any atom is -0.456 e. The molecule has 0 fully saturated rings. The molecule has 0 saturated heterocycles. The first kappa shape index (κ1) is 20.9. The Labute approximate surface area is 168 Å². The highest BCUT2D eigenvalue weighted by molar-refractivity contribution is 7.86. The summed E-state index contributed by atoms with van der Waals surface area (Å²) in [5.41, 5.74) is 4.99. The van der Waals surface area contributed by atoms with Gasteiger partial charge in [0.15, 0.2) is 0 Å². The van der Waals surface area contributed by atoms with E-state index in [0.717, 1.165) is 24.8 Å². The van der Waals surface area contributed by atoms with Crippen molar-refractivity contribution in [2.45, 2.75) is 76.5 Å². The summed E-state index contributed by atoms with van der Waals surface area (Å²) in [5, 5.41) is 0. The van der Waals surface area contributed by atoms with Gasteiger partial charge in [-0.25, -0.2) is 0 Å². The molecule has 0 spiro atoms. The van der Waals surface area contributed by atoms with Crippen molar-refractivity contribution in [2.24, 2.45) is 0 Å². The smallest absolute Gasteiger partial charge is 0.298 e. The minimum absolute atomic E-state index is 0.171. The van der Waals surface area contributed by atoms with Gasteiger partial charge in [-0.1, -0.05) is 44.2 Å².